The molecule has 0 radical (unpaired) electrons. The zero-order valence-corrected chi connectivity index (χ0v) is 13.1. The lowest BCUT2D eigenvalue weighted by Gasteiger charge is -1.99. The zero-order chi connectivity index (χ0) is 14.1. The fourth-order valence-electron chi connectivity index (χ4n) is 1.64. The highest BCUT2D eigenvalue weighted by Gasteiger charge is 1.90. The smallest absolute Gasteiger partial charge is 0.329 e. The highest BCUT2D eigenvalue weighted by molar-refractivity contribution is 5.80. The summed E-state index contributed by atoms with van der Waals surface area (Å²) in [5, 5.41) is 0. The summed E-state index contributed by atoms with van der Waals surface area (Å²) in [6.45, 7) is 7.71. The van der Waals surface area contributed by atoms with E-state index in [2.05, 4.69) is 25.2 Å². The van der Waals surface area contributed by atoms with Crippen LogP contribution < -0.4 is 0 Å². The monoisotopic (exact) mass is 276 g/mol. The van der Waals surface area contributed by atoms with Crippen molar-refractivity contribution in [3.63, 3.8) is 0 Å². The van der Waals surface area contributed by atoms with E-state index in [1.54, 1.807) is 0 Å². The molecule has 0 aliphatic rings. The van der Waals surface area contributed by atoms with Gasteiger partial charge < -0.3 is 4.74 Å². The third-order valence-corrected chi connectivity index (χ3v) is 2.82. The molecule has 0 unspecified atom stereocenters. The van der Waals surface area contributed by atoms with E-state index >= 15 is 0 Å². The Kier molecular flexibility index (Phi) is 27.3. The van der Waals surface area contributed by atoms with Crippen LogP contribution >= 0.6 is 0 Å². The van der Waals surface area contributed by atoms with Crippen LogP contribution in [0.1, 0.15) is 78.1 Å². The minimum absolute atomic E-state index is 0. The first-order chi connectivity index (χ1) is 8.72. The van der Waals surface area contributed by atoms with Crippen LogP contribution in [0, 0.1) is 0 Å². The Morgan fingerprint density at radius 1 is 0.895 bits per heavy atom. The molecule has 0 aromatic carbocycles. The maximum Gasteiger partial charge on any atom is 0.329 e. The van der Waals surface area contributed by atoms with Gasteiger partial charge in [0.05, 0.1) is 7.11 Å². The van der Waals surface area contributed by atoms with Crippen LogP contribution in [0.2, 0.25) is 0 Å². The molecule has 0 bridgehead atoms. The van der Waals surface area contributed by atoms with Crippen molar-refractivity contribution < 1.29 is 14.2 Å². The van der Waals surface area contributed by atoms with Gasteiger partial charge in [0, 0.05) is 6.08 Å². The molecule has 0 atom stereocenters. The first-order valence-electron chi connectivity index (χ1n) is 7.43. The molecule has 0 saturated heterocycles. The Bertz CT molecular complexity index is 172. The largest absolute Gasteiger partial charge is 0.466 e. The van der Waals surface area contributed by atoms with Gasteiger partial charge in [0.25, 0.3) is 0 Å². The lowest BCUT2D eigenvalue weighted by Crippen LogP contribution is -1.91. The molecule has 0 aromatic heterocycles. The molecule has 0 rings (SSSR count). The van der Waals surface area contributed by atoms with E-state index in [4.69, 9.17) is 0 Å². The molecule has 0 amide bonds. The minimum atomic E-state index is -0.394. The normalized spacial score (nSPS) is 8.79. The molecular weight excluding hydrogens is 243 g/mol. The average Bonchev–Trinajstić information content (AvgIpc) is 2.41. The van der Waals surface area contributed by atoms with Gasteiger partial charge >= 0.3 is 5.97 Å². The van der Waals surface area contributed by atoms with Crippen LogP contribution in [-0.2, 0) is 9.53 Å². The number of halogens is 1. The van der Waals surface area contributed by atoms with Crippen molar-refractivity contribution in [1.29, 1.82) is 0 Å². The molecule has 0 aliphatic heterocycles. The molecule has 0 N–H and O–H groups in total. The van der Waals surface area contributed by atoms with Crippen LogP contribution in [0.25, 0.3) is 0 Å². The van der Waals surface area contributed by atoms with E-state index in [0.717, 1.165) is 6.08 Å². The molecule has 0 aromatic rings. The van der Waals surface area contributed by atoms with E-state index < -0.39 is 5.97 Å². The molecule has 0 spiro atoms. The Morgan fingerprint density at radius 3 is 1.37 bits per heavy atom. The number of hydrogen-bond acceptors (Lipinski definition) is 2. The molecule has 19 heavy (non-hydrogen) atoms. The number of methoxy groups -OCH3 is 1. The molecule has 0 aliphatic carbocycles. The van der Waals surface area contributed by atoms with Gasteiger partial charge in [-0.15, -0.1) is 0 Å². The van der Waals surface area contributed by atoms with Crippen LogP contribution in [0.4, 0.5) is 4.70 Å². The van der Waals surface area contributed by atoms with E-state index in [1.807, 2.05) is 0 Å². The Morgan fingerprint density at radius 2 is 1.21 bits per heavy atom. The van der Waals surface area contributed by atoms with Gasteiger partial charge in [0.15, 0.2) is 0 Å². The first-order valence-corrected chi connectivity index (χ1v) is 7.43. The topological polar surface area (TPSA) is 26.3 Å². The SMILES string of the molecule is C=CC(=O)OC.CCCCCCCCCCCC.F. The van der Waals surface area contributed by atoms with Gasteiger partial charge in [0.1, 0.15) is 0 Å². The molecule has 0 fully saturated rings. The second-order valence-electron chi connectivity index (χ2n) is 4.56. The molecule has 0 heterocycles. The van der Waals surface area contributed by atoms with Gasteiger partial charge in [-0.05, 0) is 0 Å². The lowest BCUT2D eigenvalue weighted by atomic mass is 10.1. The number of carbonyl (C=O) groups excluding carboxylic acids is 1. The summed E-state index contributed by atoms with van der Waals surface area (Å²) in [4.78, 5) is 9.84. The molecular formula is C16H33FO2. The predicted molar refractivity (Wildman–Crippen MR) is 82.2 cm³/mol. The van der Waals surface area contributed by atoms with Crippen molar-refractivity contribution in [3.05, 3.63) is 12.7 Å². The molecule has 116 valence electrons. The van der Waals surface area contributed by atoms with Gasteiger partial charge in [-0.2, -0.15) is 0 Å². The molecule has 3 heteroatoms. The Hall–Kier alpha value is -0.860. The summed E-state index contributed by atoms with van der Waals surface area (Å²) in [6, 6.07) is 0. The number of rotatable bonds is 10. The van der Waals surface area contributed by atoms with Crippen molar-refractivity contribution in [1.82, 2.24) is 0 Å². The van der Waals surface area contributed by atoms with E-state index in [1.165, 1.54) is 71.3 Å². The third kappa shape index (κ3) is 26.7. The second-order valence-corrected chi connectivity index (χ2v) is 4.56. The van der Waals surface area contributed by atoms with E-state index in [-0.39, 0.29) is 4.70 Å². The number of carbonyl (C=O) groups is 1. The third-order valence-electron chi connectivity index (χ3n) is 2.82. The zero-order valence-electron chi connectivity index (χ0n) is 13.1. The van der Waals surface area contributed by atoms with Gasteiger partial charge in [-0.1, -0.05) is 84.6 Å². The van der Waals surface area contributed by atoms with Gasteiger partial charge in [-0.25, -0.2) is 4.79 Å². The summed E-state index contributed by atoms with van der Waals surface area (Å²) >= 11 is 0. The van der Waals surface area contributed by atoms with Crippen molar-refractivity contribution >= 4 is 5.97 Å². The van der Waals surface area contributed by atoms with Crippen molar-refractivity contribution in [3.8, 4) is 0 Å². The van der Waals surface area contributed by atoms with Crippen LogP contribution in [0.3, 0.4) is 0 Å². The van der Waals surface area contributed by atoms with E-state index in [0.29, 0.717) is 0 Å². The summed E-state index contributed by atoms with van der Waals surface area (Å²) in [5.74, 6) is -0.394. The van der Waals surface area contributed by atoms with Crippen molar-refractivity contribution in [2.45, 2.75) is 78.1 Å². The quantitative estimate of drug-likeness (QED) is 0.302. The fraction of sp³-hybridized carbons (Fsp3) is 0.812. The van der Waals surface area contributed by atoms with Gasteiger partial charge in [0.2, 0.25) is 0 Å². The van der Waals surface area contributed by atoms with Crippen LogP contribution in [-0.4, -0.2) is 13.1 Å². The predicted octanol–water partition coefficient (Wildman–Crippen LogP) is 5.43. The van der Waals surface area contributed by atoms with Crippen LogP contribution in [0.5, 0.6) is 0 Å². The van der Waals surface area contributed by atoms with Crippen molar-refractivity contribution in [2.75, 3.05) is 7.11 Å². The van der Waals surface area contributed by atoms with Crippen LogP contribution in [0.15, 0.2) is 12.7 Å². The number of esters is 1. The highest BCUT2D eigenvalue weighted by Crippen LogP contribution is 2.09. The summed E-state index contributed by atoms with van der Waals surface area (Å²) in [7, 11) is 1.31. The number of unbranched alkanes of at least 4 members (excludes halogenated alkanes) is 9. The number of ether oxygens (including phenoxy) is 1. The standard InChI is InChI=1S/C12H26.C4H6O2.FH/c1-3-5-7-9-11-12-10-8-6-4-2;1-3-4(5)6-2;/h3-12H2,1-2H3;3H,1H2,2H3;1H. The van der Waals surface area contributed by atoms with Gasteiger partial charge in [-0.3, -0.25) is 4.70 Å². The Labute approximate surface area is 119 Å². The van der Waals surface area contributed by atoms with Crippen molar-refractivity contribution in [2.24, 2.45) is 0 Å². The average molecular weight is 276 g/mol. The summed E-state index contributed by atoms with van der Waals surface area (Å²) in [6.07, 6.45) is 15.6. The Balaban J connectivity index is -0.000000313. The lowest BCUT2D eigenvalue weighted by molar-refractivity contribution is -0.134. The molecule has 0 saturated carbocycles. The first kappa shape index (κ1) is 23.2. The second kappa shape index (κ2) is 22.3. The summed E-state index contributed by atoms with van der Waals surface area (Å²) in [5.41, 5.74) is 0. The fourth-order valence-corrected chi connectivity index (χ4v) is 1.64. The minimum Gasteiger partial charge on any atom is -0.466 e. The van der Waals surface area contributed by atoms with E-state index in [9.17, 15) is 4.79 Å². The maximum atomic E-state index is 9.84. The summed E-state index contributed by atoms with van der Waals surface area (Å²) < 4.78 is 4.14. The highest BCUT2D eigenvalue weighted by atomic mass is 19.0. The molecule has 2 nitrogen and oxygen atoms in total. The number of hydrogen-bond donors (Lipinski definition) is 0. The maximum absolute atomic E-state index is 9.84.